The Morgan fingerprint density at radius 1 is 1.10 bits per heavy atom. The van der Waals surface area contributed by atoms with Crippen molar-refractivity contribution in [2.75, 3.05) is 33.4 Å². The van der Waals surface area contributed by atoms with Crippen LogP contribution in [0.15, 0.2) is 48.5 Å². The molecule has 1 aliphatic rings. The Kier molecular flexibility index (Phi) is 6.77. The number of piperidine rings is 1. The van der Waals surface area contributed by atoms with Crippen LogP contribution in [0.5, 0.6) is 0 Å². The second-order valence-electron chi connectivity index (χ2n) is 7.51. The molecular formula is C23H26FNO4. The fourth-order valence-corrected chi connectivity index (χ4v) is 4.25. The van der Waals surface area contributed by atoms with Crippen LogP contribution in [0.1, 0.15) is 27.4 Å². The Morgan fingerprint density at radius 3 is 2.45 bits per heavy atom. The molecule has 0 spiro atoms. The number of aliphatic carboxylic acids is 1. The van der Waals surface area contributed by atoms with Crippen LogP contribution in [0.25, 0.3) is 0 Å². The van der Waals surface area contributed by atoms with Gasteiger partial charge in [0.2, 0.25) is 0 Å². The van der Waals surface area contributed by atoms with E-state index in [2.05, 4.69) is 0 Å². The third kappa shape index (κ3) is 4.54. The molecule has 0 aliphatic carbocycles. The molecule has 0 bridgehead atoms. The monoisotopic (exact) mass is 399 g/mol. The number of carboxylic acids is 1. The summed E-state index contributed by atoms with van der Waals surface area (Å²) in [6.45, 7) is 3.32. The van der Waals surface area contributed by atoms with Crippen LogP contribution in [0.3, 0.4) is 0 Å². The first-order chi connectivity index (χ1) is 13.9. The van der Waals surface area contributed by atoms with E-state index >= 15 is 0 Å². The minimum absolute atomic E-state index is 0.118. The molecular weight excluding hydrogens is 373 g/mol. The molecule has 2 aromatic carbocycles. The van der Waals surface area contributed by atoms with E-state index in [1.54, 1.807) is 50.4 Å². The largest absolute Gasteiger partial charge is 0.481 e. The molecule has 1 N–H and O–H groups in total. The van der Waals surface area contributed by atoms with Gasteiger partial charge in [0.15, 0.2) is 5.78 Å². The molecule has 3 rings (SSSR count). The standard InChI is InChI=1S/C23H26FNO4/c1-15-17(9-6-10-20(15)24)21-18(22(26)16-7-4-3-5-8-16)13-25(11-12-29-2)14-19(21)23(27)28/h3-10,18-19,21H,11-14H2,1-2H3,(H,27,28). The van der Waals surface area contributed by atoms with Crippen molar-refractivity contribution in [3.8, 4) is 0 Å². The molecule has 29 heavy (non-hydrogen) atoms. The number of hydrogen-bond acceptors (Lipinski definition) is 4. The molecule has 1 fully saturated rings. The van der Waals surface area contributed by atoms with Gasteiger partial charge in [-0.3, -0.25) is 14.5 Å². The fraction of sp³-hybridized carbons (Fsp3) is 0.391. The summed E-state index contributed by atoms with van der Waals surface area (Å²) >= 11 is 0. The Morgan fingerprint density at radius 2 is 1.79 bits per heavy atom. The third-order valence-electron chi connectivity index (χ3n) is 5.77. The summed E-state index contributed by atoms with van der Waals surface area (Å²) in [5.41, 5.74) is 1.53. The van der Waals surface area contributed by atoms with Crippen LogP contribution in [0.2, 0.25) is 0 Å². The minimum Gasteiger partial charge on any atom is -0.481 e. The van der Waals surface area contributed by atoms with Crippen molar-refractivity contribution in [1.82, 2.24) is 4.90 Å². The molecule has 5 nitrogen and oxygen atoms in total. The Hall–Kier alpha value is -2.57. The lowest BCUT2D eigenvalue weighted by molar-refractivity contribution is -0.145. The van der Waals surface area contributed by atoms with Gasteiger partial charge in [0.05, 0.1) is 12.5 Å². The molecule has 1 aliphatic heterocycles. The summed E-state index contributed by atoms with van der Waals surface area (Å²) in [5.74, 6) is -3.50. The maximum absolute atomic E-state index is 14.3. The Labute approximate surface area is 170 Å². The smallest absolute Gasteiger partial charge is 0.308 e. The zero-order valence-corrected chi connectivity index (χ0v) is 16.7. The highest BCUT2D eigenvalue weighted by molar-refractivity contribution is 5.99. The lowest BCUT2D eigenvalue weighted by Crippen LogP contribution is -2.51. The van der Waals surface area contributed by atoms with Gasteiger partial charge in [-0.25, -0.2) is 4.39 Å². The number of likely N-dealkylation sites (tertiary alicyclic amines) is 1. The van der Waals surface area contributed by atoms with Gasteiger partial charge in [0.1, 0.15) is 5.82 Å². The number of hydrogen-bond donors (Lipinski definition) is 1. The molecule has 1 heterocycles. The van der Waals surface area contributed by atoms with Crippen LogP contribution < -0.4 is 0 Å². The molecule has 3 atom stereocenters. The SMILES string of the molecule is COCCN1CC(C(=O)O)C(c2cccc(F)c2C)C(C(=O)c2ccccc2)C1. The van der Waals surface area contributed by atoms with E-state index in [4.69, 9.17) is 4.74 Å². The van der Waals surface area contributed by atoms with Crippen molar-refractivity contribution in [1.29, 1.82) is 0 Å². The highest BCUT2D eigenvalue weighted by atomic mass is 19.1. The van der Waals surface area contributed by atoms with Crippen molar-refractivity contribution >= 4 is 11.8 Å². The second-order valence-corrected chi connectivity index (χ2v) is 7.51. The number of methoxy groups -OCH3 is 1. The maximum Gasteiger partial charge on any atom is 0.308 e. The second kappa shape index (κ2) is 9.29. The Balaban J connectivity index is 2.07. The molecule has 0 saturated carbocycles. The van der Waals surface area contributed by atoms with Crippen molar-refractivity contribution < 1.29 is 23.8 Å². The van der Waals surface area contributed by atoms with Crippen molar-refractivity contribution in [3.05, 3.63) is 71.0 Å². The molecule has 6 heteroatoms. The zero-order chi connectivity index (χ0) is 21.0. The van der Waals surface area contributed by atoms with Gasteiger partial charge < -0.3 is 9.84 Å². The summed E-state index contributed by atoms with van der Waals surface area (Å²) in [6.07, 6.45) is 0. The molecule has 3 unspecified atom stereocenters. The Bertz CT molecular complexity index is 870. The molecule has 0 aromatic heterocycles. The number of ether oxygens (including phenoxy) is 1. The number of rotatable bonds is 7. The highest BCUT2D eigenvalue weighted by Gasteiger charge is 2.45. The van der Waals surface area contributed by atoms with Crippen LogP contribution >= 0.6 is 0 Å². The average Bonchev–Trinajstić information content (AvgIpc) is 2.73. The number of nitrogens with zero attached hydrogens (tertiary/aromatic N) is 1. The lowest BCUT2D eigenvalue weighted by Gasteiger charge is -2.42. The van der Waals surface area contributed by atoms with Gasteiger partial charge >= 0.3 is 5.97 Å². The summed E-state index contributed by atoms with van der Waals surface area (Å²) in [6, 6.07) is 13.6. The summed E-state index contributed by atoms with van der Waals surface area (Å²) in [7, 11) is 1.59. The normalized spacial score (nSPS) is 22.4. The number of benzene rings is 2. The first-order valence-electron chi connectivity index (χ1n) is 9.72. The quantitative estimate of drug-likeness (QED) is 0.723. The van der Waals surface area contributed by atoms with E-state index in [9.17, 15) is 19.1 Å². The van der Waals surface area contributed by atoms with Crippen molar-refractivity contribution in [2.24, 2.45) is 11.8 Å². The zero-order valence-electron chi connectivity index (χ0n) is 16.7. The molecule has 0 amide bonds. The van der Waals surface area contributed by atoms with E-state index in [1.807, 2.05) is 11.0 Å². The van der Waals surface area contributed by atoms with E-state index < -0.39 is 23.7 Å². The maximum atomic E-state index is 14.3. The van der Waals surface area contributed by atoms with Crippen LogP contribution in [-0.4, -0.2) is 55.1 Å². The van der Waals surface area contributed by atoms with Gasteiger partial charge in [-0.05, 0) is 24.1 Å². The fourth-order valence-electron chi connectivity index (χ4n) is 4.25. The van der Waals surface area contributed by atoms with Gasteiger partial charge in [-0.15, -0.1) is 0 Å². The molecule has 154 valence electrons. The predicted molar refractivity (Wildman–Crippen MR) is 108 cm³/mol. The number of carboxylic acid groups (broad SMARTS) is 1. The van der Waals surface area contributed by atoms with E-state index in [0.717, 1.165) is 0 Å². The van der Waals surface area contributed by atoms with Gasteiger partial charge in [0, 0.05) is 44.1 Å². The van der Waals surface area contributed by atoms with Gasteiger partial charge in [-0.1, -0.05) is 42.5 Å². The first-order valence-corrected chi connectivity index (χ1v) is 9.72. The lowest BCUT2D eigenvalue weighted by atomic mass is 9.70. The van der Waals surface area contributed by atoms with Crippen LogP contribution in [0.4, 0.5) is 4.39 Å². The summed E-state index contributed by atoms with van der Waals surface area (Å²) in [5, 5.41) is 9.98. The number of halogens is 1. The topological polar surface area (TPSA) is 66.8 Å². The molecule has 2 aromatic rings. The number of carbonyl (C=O) groups is 2. The predicted octanol–water partition coefficient (Wildman–Crippen LogP) is 3.38. The van der Waals surface area contributed by atoms with E-state index in [1.165, 1.54) is 6.07 Å². The number of ketones is 1. The van der Waals surface area contributed by atoms with Crippen LogP contribution in [-0.2, 0) is 9.53 Å². The van der Waals surface area contributed by atoms with E-state index in [0.29, 0.717) is 36.4 Å². The first kappa shape index (κ1) is 21.1. The highest BCUT2D eigenvalue weighted by Crippen LogP contribution is 2.41. The number of Topliss-reactive ketones (excluding diaryl/α,β-unsaturated/α-hetero) is 1. The van der Waals surface area contributed by atoms with Gasteiger partial charge in [0.25, 0.3) is 0 Å². The van der Waals surface area contributed by atoms with Crippen LogP contribution in [0, 0.1) is 24.6 Å². The summed E-state index contributed by atoms with van der Waals surface area (Å²) < 4.78 is 19.4. The van der Waals surface area contributed by atoms with Gasteiger partial charge in [-0.2, -0.15) is 0 Å². The van der Waals surface area contributed by atoms with E-state index in [-0.39, 0.29) is 18.1 Å². The minimum atomic E-state index is -0.980. The third-order valence-corrected chi connectivity index (χ3v) is 5.77. The summed E-state index contributed by atoms with van der Waals surface area (Å²) in [4.78, 5) is 27.6. The average molecular weight is 399 g/mol. The number of carbonyl (C=O) groups excluding carboxylic acids is 1. The van der Waals surface area contributed by atoms with Crippen molar-refractivity contribution in [3.63, 3.8) is 0 Å². The van der Waals surface area contributed by atoms with Crippen molar-refractivity contribution in [2.45, 2.75) is 12.8 Å². The molecule has 0 radical (unpaired) electrons. The molecule has 1 saturated heterocycles.